The predicted octanol–water partition coefficient (Wildman–Crippen LogP) is -0.0516. The van der Waals surface area contributed by atoms with Crippen molar-refractivity contribution in [1.29, 1.82) is 0 Å². The Morgan fingerprint density at radius 1 is 1.35 bits per heavy atom. The molecule has 0 saturated carbocycles. The van der Waals surface area contributed by atoms with Gasteiger partial charge in [0.1, 0.15) is 0 Å². The van der Waals surface area contributed by atoms with E-state index in [1.165, 1.54) is 0 Å². The summed E-state index contributed by atoms with van der Waals surface area (Å²) < 4.78 is 10.7. The normalized spacial score (nSPS) is 25.0. The van der Waals surface area contributed by atoms with Crippen LogP contribution >= 0.6 is 0 Å². The first-order chi connectivity index (χ1) is 11.2. The number of likely N-dealkylation sites (N-methyl/N-ethyl adjacent to an activating group) is 1. The molecule has 3 heterocycles. The van der Waals surface area contributed by atoms with Crippen LogP contribution in [0.15, 0.2) is 12.4 Å². The maximum absolute atomic E-state index is 8.36. The maximum Gasteiger partial charge on any atom is 0.316 e. The van der Waals surface area contributed by atoms with Crippen LogP contribution in [-0.4, -0.2) is 84.4 Å². The van der Waals surface area contributed by atoms with Crippen molar-refractivity contribution in [1.82, 2.24) is 19.8 Å². The Morgan fingerprint density at radius 2 is 2.04 bits per heavy atom. The van der Waals surface area contributed by atoms with Gasteiger partial charge in [0.15, 0.2) is 0 Å². The molecule has 0 radical (unpaired) electrons. The van der Waals surface area contributed by atoms with Crippen LogP contribution in [0.4, 0.5) is 0 Å². The maximum atomic E-state index is 8.36. The summed E-state index contributed by atoms with van der Waals surface area (Å²) >= 11 is 0. The number of rotatable bonds is 3. The molecule has 1 N–H and O–H groups in total. The summed E-state index contributed by atoms with van der Waals surface area (Å²) in [5, 5.41) is 6.89. The van der Waals surface area contributed by atoms with Crippen molar-refractivity contribution < 1.29 is 19.4 Å². The number of carbonyl (C=O) groups is 1. The van der Waals surface area contributed by atoms with Gasteiger partial charge >= 0.3 is 6.01 Å². The molecule has 8 heteroatoms. The molecule has 2 aliphatic rings. The average Bonchev–Trinajstić information content (AvgIpc) is 2.77. The molecule has 2 bridgehead atoms. The van der Waals surface area contributed by atoms with E-state index in [0.717, 1.165) is 45.0 Å². The van der Waals surface area contributed by atoms with Crippen LogP contribution in [0.2, 0.25) is 0 Å². The fourth-order valence-corrected chi connectivity index (χ4v) is 3.06. The summed E-state index contributed by atoms with van der Waals surface area (Å²) in [5.74, 6) is 0.590. The van der Waals surface area contributed by atoms with Crippen LogP contribution in [-0.2, 0) is 16.1 Å². The Hall–Kier alpha value is -1.77. The van der Waals surface area contributed by atoms with Crippen LogP contribution in [0, 0.1) is 5.92 Å². The largest absolute Gasteiger partial charge is 0.483 e. The van der Waals surface area contributed by atoms with Gasteiger partial charge in [-0.2, -0.15) is 0 Å². The van der Waals surface area contributed by atoms with Gasteiger partial charge in [-0.1, -0.05) is 0 Å². The highest BCUT2D eigenvalue weighted by atomic mass is 16.5. The Labute approximate surface area is 136 Å². The van der Waals surface area contributed by atoms with Crippen LogP contribution < -0.4 is 4.74 Å². The minimum Gasteiger partial charge on any atom is -0.483 e. The Bertz CT molecular complexity index is 485. The van der Waals surface area contributed by atoms with Gasteiger partial charge in [0.2, 0.25) is 0 Å². The third-order valence-corrected chi connectivity index (χ3v) is 4.09. The molecule has 1 aromatic rings. The van der Waals surface area contributed by atoms with E-state index >= 15 is 0 Å². The highest BCUT2D eigenvalue weighted by molar-refractivity contribution is 5.32. The second kappa shape index (κ2) is 8.76. The number of fused-ring (bicyclic) bond motifs is 3. The summed E-state index contributed by atoms with van der Waals surface area (Å²) in [6.45, 7) is 5.59. The number of methoxy groups -OCH3 is 1. The van der Waals surface area contributed by atoms with Crippen LogP contribution in [0.3, 0.4) is 0 Å². The molecule has 0 spiro atoms. The molecular weight excluding hydrogens is 300 g/mol. The lowest BCUT2D eigenvalue weighted by atomic mass is 10.1. The zero-order chi connectivity index (χ0) is 16.7. The minimum atomic E-state index is -0.250. The van der Waals surface area contributed by atoms with Gasteiger partial charge in [0, 0.05) is 56.1 Å². The molecular formula is C15H24N4O4. The number of ether oxygens (including phenoxy) is 2. The summed E-state index contributed by atoms with van der Waals surface area (Å²) in [6.07, 6.45) is 3.71. The molecule has 8 nitrogen and oxygen atoms in total. The summed E-state index contributed by atoms with van der Waals surface area (Å²) in [7, 11) is 3.78. The molecule has 2 fully saturated rings. The number of nitrogens with zero attached hydrogens (tertiary/aromatic N) is 4. The second-order valence-electron chi connectivity index (χ2n) is 5.87. The zero-order valence-electron chi connectivity index (χ0n) is 13.6. The van der Waals surface area contributed by atoms with Gasteiger partial charge in [0.25, 0.3) is 6.47 Å². The lowest BCUT2D eigenvalue weighted by molar-refractivity contribution is -0.122. The standard InChI is InChI=1S/C14H22N4O2.CH2O2/c1-17-5-12-7-18(8-13(17)10-20-9-12)6-11-3-15-14(19-2)16-4-11;2-1-3/h3-4,12-13H,5-10H2,1-2H3;1H,(H,2,3)/t12-,13+;/m1./s1. The lowest BCUT2D eigenvalue weighted by Crippen LogP contribution is -2.41. The van der Waals surface area contributed by atoms with E-state index < -0.39 is 0 Å². The van der Waals surface area contributed by atoms with Crippen LogP contribution in [0.1, 0.15) is 5.56 Å². The highest BCUT2D eigenvalue weighted by Crippen LogP contribution is 2.19. The summed E-state index contributed by atoms with van der Waals surface area (Å²) in [6, 6.07) is 0.913. The van der Waals surface area contributed by atoms with E-state index in [-0.39, 0.29) is 6.47 Å². The molecule has 2 aliphatic heterocycles. The predicted molar refractivity (Wildman–Crippen MR) is 83.3 cm³/mol. The third kappa shape index (κ3) is 5.12. The van der Waals surface area contributed by atoms with E-state index in [4.69, 9.17) is 19.4 Å². The molecule has 0 aromatic carbocycles. The molecule has 2 saturated heterocycles. The van der Waals surface area contributed by atoms with E-state index in [1.54, 1.807) is 7.11 Å². The molecule has 23 heavy (non-hydrogen) atoms. The zero-order valence-corrected chi connectivity index (χ0v) is 13.6. The van der Waals surface area contributed by atoms with Gasteiger partial charge in [-0.25, -0.2) is 9.97 Å². The van der Waals surface area contributed by atoms with Gasteiger partial charge in [-0.3, -0.25) is 14.6 Å². The smallest absolute Gasteiger partial charge is 0.316 e. The molecule has 128 valence electrons. The molecule has 0 amide bonds. The summed E-state index contributed by atoms with van der Waals surface area (Å²) in [4.78, 5) is 21.6. The Kier molecular flexibility index (Phi) is 6.69. The molecule has 1 aromatic heterocycles. The van der Waals surface area contributed by atoms with Gasteiger partial charge in [-0.05, 0) is 7.05 Å². The van der Waals surface area contributed by atoms with E-state index in [1.807, 2.05) is 12.4 Å². The first kappa shape index (κ1) is 17.6. The Morgan fingerprint density at radius 3 is 2.70 bits per heavy atom. The first-order valence-electron chi connectivity index (χ1n) is 7.59. The molecule has 2 atom stereocenters. The molecule has 0 unspecified atom stereocenters. The number of aromatic nitrogens is 2. The van der Waals surface area contributed by atoms with E-state index in [0.29, 0.717) is 18.0 Å². The Balaban J connectivity index is 0.000000595. The van der Waals surface area contributed by atoms with Gasteiger partial charge in [0.05, 0.1) is 20.3 Å². The quantitative estimate of drug-likeness (QED) is 0.774. The van der Waals surface area contributed by atoms with Crippen molar-refractivity contribution in [3.05, 3.63) is 18.0 Å². The van der Waals surface area contributed by atoms with Crippen LogP contribution in [0.5, 0.6) is 6.01 Å². The van der Waals surface area contributed by atoms with Crippen molar-refractivity contribution in [3.63, 3.8) is 0 Å². The lowest BCUT2D eigenvalue weighted by Gasteiger charge is -2.29. The fraction of sp³-hybridized carbons (Fsp3) is 0.667. The average molecular weight is 324 g/mol. The van der Waals surface area contributed by atoms with Gasteiger partial charge in [-0.15, -0.1) is 0 Å². The first-order valence-corrected chi connectivity index (χ1v) is 7.59. The highest BCUT2D eigenvalue weighted by Gasteiger charge is 2.31. The van der Waals surface area contributed by atoms with Crippen LogP contribution in [0.25, 0.3) is 0 Å². The monoisotopic (exact) mass is 324 g/mol. The fourth-order valence-electron chi connectivity index (χ4n) is 3.06. The number of carboxylic acid groups (broad SMARTS) is 1. The summed E-state index contributed by atoms with van der Waals surface area (Å²) in [5.41, 5.74) is 1.13. The third-order valence-electron chi connectivity index (χ3n) is 4.09. The van der Waals surface area contributed by atoms with Crippen molar-refractivity contribution in [2.45, 2.75) is 12.6 Å². The van der Waals surface area contributed by atoms with Crippen molar-refractivity contribution in [2.24, 2.45) is 5.92 Å². The van der Waals surface area contributed by atoms with E-state index in [9.17, 15) is 0 Å². The minimum absolute atomic E-state index is 0.250. The van der Waals surface area contributed by atoms with Crippen molar-refractivity contribution in [3.8, 4) is 6.01 Å². The van der Waals surface area contributed by atoms with E-state index in [2.05, 4.69) is 26.8 Å². The number of hydrogen-bond acceptors (Lipinski definition) is 7. The van der Waals surface area contributed by atoms with Gasteiger partial charge < -0.3 is 14.6 Å². The molecule has 3 rings (SSSR count). The topological polar surface area (TPSA) is 88.0 Å². The SMILES string of the molecule is COc1ncc(CN2C[C@@H]3COC[C@H](C2)N(C)C3)cn1.O=CO. The molecule has 0 aliphatic carbocycles. The number of hydrogen-bond donors (Lipinski definition) is 1. The second-order valence-corrected chi connectivity index (χ2v) is 5.87. The van der Waals surface area contributed by atoms with Crippen molar-refractivity contribution >= 4 is 6.47 Å². The van der Waals surface area contributed by atoms with Crippen molar-refractivity contribution in [2.75, 3.05) is 47.0 Å².